The number of hydrogen-bond donors (Lipinski definition) is 2. The molecule has 5 aliphatic rings. The third-order valence-corrected chi connectivity index (χ3v) is 8.50. The van der Waals surface area contributed by atoms with Gasteiger partial charge in [-0.05, 0) is 96.6 Å². The lowest BCUT2D eigenvalue weighted by Gasteiger charge is -2.57. The molecule has 0 atom stereocenters. The molecule has 1 saturated heterocycles. The van der Waals surface area contributed by atoms with E-state index >= 15 is 0 Å². The minimum absolute atomic E-state index is 0.151. The molecule has 4 saturated carbocycles. The molecule has 4 bridgehead atoms. The largest absolute Gasteiger partial charge is 0.508 e. The quantitative estimate of drug-likeness (QED) is 0.598. The lowest BCUT2D eigenvalue weighted by Crippen LogP contribution is -2.48. The van der Waals surface area contributed by atoms with E-state index < -0.39 is 0 Å². The van der Waals surface area contributed by atoms with Crippen molar-refractivity contribution in [1.29, 1.82) is 0 Å². The van der Waals surface area contributed by atoms with Crippen LogP contribution in [0.1, 0.15) is 49.7 Å². The summed E-state index contributed by atoms with van der Waals surface area (Å²) in [4.78, 5) is 23.1. The van der Waals surface area contributed by atoms with E-state index in [1.54, 1.807) is 6.08 Å². The molecular formula is C26H25NO3S. The van der Waals surface area contributed by atoms with Crippen molar-refractivity contribution in [3.63, 3.8) is 0 Å². The molecule has 2 aromatic carbocycles. The molecule has 4 nitrogen and oxygen atoms in total. The summed E-state index contributed by atoms with van der Waals surface area (Å²) in [5.74, 6) is 2.94. The topological polar surface area (TPSA) is 66.4 Å². The van der Waals surface area contributed by atoms with Crippen LogP contribution in [0, 0.1) is 17.8 Å². The van der Waals surface area contributed by atoms with E-state index in [2.05, 4.69) is 11.4 Å². The number of phenols is 1. The van der Waals surface area contributed by atoms with Crippen molar-refractivity contribution >= 4 is 28.2 Å². The van der Waals surface area contributed by atoms with Crippen molar-refractivity contribution in [3.8, 4) is 16.9 Å². The van der Waals surface area contributed by atoms with E-state index in [1.165, 1.54) is 38.5 Å². The Bertz CT molecular complexity index is 1080. The number of thioether (sulfide) groups is 1. The molecule has 31 heavy (non-hydrogen) atoms. The first-order chi connectivity index (χ1) is 15.0. The molecule has 0 spiro atoms. The maximum atomic E-state index is 11.8. The van der Waals surface area contributed by atoms with Crippen LogP contribution in [0.15, 0.2) is 48.2 Å². The zero-order valence-corrected chi connectivity index (χ0v) is 18.1. The second-order valence-electron chi connectivity index (χ2n) is 9.91. The van der Waals surface area contributed by atoms with Crippen molar-refractivity contribution in [2.24, 2.45) is 17.8 Å². The first kappa shape index (κ1) is 19.2. The number of aromatic hydroxyl groups is 1. The van der Waals surface area contributed by atoms with Crippen LogP contribution in [-0.2, 0) is 10.2 Å². The Morgan fingerprint density at radius 2 is 1.52 bits per heavy atom. The highest BCUT2D eigenvalue weighted by molar-refractivity contribution is 8.27. The predicted molar refractivity (Wildman–Crippen MR) is 122 cm³/mol. The molecule has 5 fully saturated rings. The van der Waals surface area contributed by atoms with E-state index in [0.29, 0.717) is 23.2 Å². The Hall–Kier alpha value is -2.53. The highest BCUT2D eigenvalue weighted by Gasteiger charge is 2.52. The normalized spacial score (nSPS) is 32.6. The molecule has 1 heterocycles. The number of amides is 1. The molecule has 5 heteroatoms. The summed E-state index contributed by atoms with van der Waals surface area (Å²) >= 11 is 0.693. The van der Waals surface area contributed by atoms with Gasteiger partial charge in [0.2, 0.25) is 5.12 Å². The van der Waals surface area contributed by atoms with Gasteiger partial charge in [0, 0.05) is 17.3 Å². The van der Waals surface area contributed by atoms with Gasteiger partial charge in [0.05, 0.1) is 5.70 Å². The molecule has 2 aromatic rings. The van der Waals surface area contributed by atoms with Crippen molar-refractivity contribution in [2.75, 3.05) is 0 Å². The Morgan fingerprint density at radius 1 is 0.903 bits per heavy atom. The van der Waals surface area contributed by atoms with Gasteiger partial charge >= 0.3 is 0 Å². The summed E-state index contributed by atoms with van der Waals surface area (Å²) in [6, 6.07) is 14.1. The summed E-state index contributed by atoms with van der Waals surface area (Å²) in [6.07, 6.45) is 9.54. The van der Waals surface area contributed by atoms with Gasteiger partial charge in [-0.25, -0.2) is 0 Å². The lowest BCUT2D eigenvalue weighted by molar-refractivity contribution is -0.107. The van der Waals surface area contributed by atoms with E-state index in [1.807, 2.05) is 36.4 Å². The molecule has 4 aliphatic carbocycles. The average Bonchev–Trinajstić information content (AvgIpc) is 3.04. The zero-order chi connectivity index (χ0) is 21.2. The van der Waals surface area contributed by atoms with Crippen molar-refractivity contribution in [3.05, 3.63) is 59.3 Å². The number of phenolic OH excluding ortho intramolecular Hbond substituents is 1. The number of nitrogens with one attached hydrogen (secondary N) is 1. The standard InChI is InChI=1S/C26H25NO3S/c28-23-6-5-20(11-21(23)26-12-16-7-17(13-26)9-18(8-16)14-26)19-3-1-15(2-4-19)10-22-24(29)31-25(30)27-22/h1-6,10-11,16-18,28H,7-9,12-14H2,(H,27,30). The fraction of sp³-hybridized carbons (Fsp3) is 0.385. The van der Waals surface area contributed by atoms with Crippen LogP contribution < -0.4 is 5.32 Å². The molecule has 2 N–H and O–H groups in total. The summed E-state index contributed by atoms with van der Waals surface area (Å²) in [7, 11) is 0. The summed E-state index contributed by atoms with van der Waals surface area (Å²) < 4.78 is 0. The van der Waals surface area contributed by atoms with Crippen LogP contribution in [0.3, 0.4) is 0 Å². The van der Waals surface area contributed by atoms with E-state index in [0.717, 1.165) is 40.0 Å². The molecule has 0 aromatic heterocycles. The third kappa shape index (κ3) is 3.30. The summed E-state index contributed by atoms with van der Waals surface area (Å²) in [5, 5.41) is 12.8. The van der Waals surface area contributed by atoms with Gasteiger partial charge in [0.1, 0.15) is 5.75 Å². The lowest BCUT2D eigenvalue weighted by atomic mass is 9.48. The number of benzene rings is 2. The van der Waals surface area contributed by atoms with Gasteiger partial charge in [-0.2, -0.15) is 0 Å². The number of rotatable bonds is 3. The molecule has 158 valence electrons. The van der Waals surface area contributed by atoms with Crippen LogP contribution in [0.2, 0.25) is 0 Å². The van der Waals surface area contributed by atoms with E-state index in [4.69, 9.17) is 0 Å². The Balaban J connectivity index is 1.31. The fourth-order valence-corrected chi connectivity index (χ4v) is 7.49. The Labute approximate surface area is 186 Å². The molecule has 0 unspecified atom stereocenters. The first-order valence-electron chi connectivity index (χ1n) is 11.2. The molecular weight excluding hydrogens is 406 g/mol. The van der Waals surface area contributed by atoms with Gasteiger partial charge in [0.25, 0.3) is 5.24 Å². The van der Waals surface area contributed by atoms with Crippen LogP contribution >= 0.6 is 11.8 Å². The monoisotopic (exact) mass is 431 g/mol. The van der Waals surface area contributed by atoms with Gasteiger partial charge in [-0.15, -0.1) is 0 Å². The van der Waals surface area contributed by atoms with E-state index in [-0.39, 0.29) is 15.8 Å². The smallest absolute Gasteiger partial charge is 0.291 e. The second-order valence-corrected chi connectivity index (χ2v) is 10.9. The highest BCUT2D eigenvalue weighted by atomic mass is 32.2. The summed E-state index contributed by atoms with van der Waals surface area (Å²) in [5.41, 5.74) is 4.70. The van der Waals surface area contributed by atoms with Gasteiger partial charge in [0.15, 0.2) is 0 Å². The molecule has 0 radical (unpaired) electrons. The highest BCUT2D eigenvalue weighted by Crippen LogP contribution is 2.62. The fourth-order valence-electron chi connectivity index (χ4n) is 6.94. The third-order valence-electron chi connectivity index (χ3n) is 7.80. The van der Waals surface area contributed by atoms with Gasteiger partial charge in [-0.3, -0.25) is 9.59 Å². The number of carbonyl (C=O) groups is 2. The van der Waals surface area contributed by atoms with Gasteiger partial charge < -0.3 is 10.4 Å². The van der Waals surface area contributed by atoms with Crippen LogP contribution in [-0.4, -0.2) is 15.5 Å². The maximum absolute atomic E-state index is 11.8. The first-order valence-corrected chi connectivity index (χ1v) is 12.0. The van der Waals surface area contributed by atoms with E-state index in [9.17, 15) is 14.7 Å². The number of hydrogen-bond acceptors (Lipinski definition) is 4. The van der Waals surface area contributed by atoms with Gasteiger partial charge in [-0.1, -0.05) is 30.3 Å². The predicted octanol–water partition coefficient (Wildman–Crippen LogP) is 5.85. The molecule has 1 aliphatic heterocycles. The van der Waals surface area contributed by atoms with Crippen molar-refractivity contribution < 1.29 is 14.7 Å². The SMILES string of the molecule is O=C1NC(=Cc2ccc(-c3ccc(O)c(C45CC6CC(CC(C6)C4)C5)c3)cc2)C(=O)S1. The van der Waals surface area contributed by atoms with Crippen LogP contribution in [0.25, 0.3) is 17.2 Å². The summed E-state index contributed by atoms with van der Waals surface area (Å²) in [6.45, 7) is 0. The average molecular weight is 432 g/mol. The Morgan fingerprint density at radius 3 is 2.10 bits per heavy atom. The van der Waals surface area contributed by atoms with Crippen LogP contribution in [0.5, 0.6) is 5.75 Å². The number of carbonyl (C=O) groups excluding carboxylic acids is 2. The second kappa shape index (κ2) is 6.99. The minimum Gasteiger partial charge on any atom is -0.508 e. The van der Waals surface area contributed by atoms with Crippen LogP contribution in [0.4, 0.5) is 4.79 Å². The minimum atomic E-state index is -0.325. The van der Waals surface area contributed by atoms with Crippen molar-refractivity contribution in [2.45, 2.75) is 43.9 Å². The molecule has 7 rings (SSSR count). The Kier molecular flexibility index (Phi) is 4.32. The maximum Gasteiger partial charge on any atom is 0.291 e. The van der Waals surface area contributed by atoms with Crippen molar-refractivity contribution in [1.82, 2.24) is 5.32 Å². The molecule has 1 amide bonds. The zero-order valence-electron chi connectivity index (χ0n) is 17.3.